The Morgan fingerprint density at radius 3 is 2.41 bits per heavy atom. The highest BCUT2D eigenvalue weighted by Gasteiger charge is 2.37. The Morgan fingerprint density at radius 2 is 1.89 bits per heavy atom. The molecule has 1 saturated heterocycles. The minimum absolute atomic E-state index is 0. The van der Waals surface area contributed by atoms with Crippen LogP contribution in [0, 0.1) is 11.8 Å². The van der Waals surface area contributed by atoms with Crippen LogP contribution >= 0.6 is 24.0 Å². The highest BCUT2D eigenvalue weighted by atomic mass is 127. The van der Waals surface area contributed by atoms with Gasteiger partial charge in [-0.3, -0.25) is 9.79 Å². The van der Waals surface area contributed by atoms with E-state index in [9.17, 15) is 4.79 Å². The van der Waals surface area contributed by atoms with Crippen LogP contribution in [0.5, 0.6) is 5.75 Å². The van der Waals surface area contributed by atoms with E-state index in [1.165, 1.54) is 12.7 Å². The number of ether oxygens (including phenoxy) is 2. The van der Waals surface area contributed by atoms with E-state index in [4.69, 9.17) is 9.47 Å². The molecule has 27 heavy (non-hydrogen) atoms. The average molecular weight is 489 g/mol. The molecule has 0 amide bonds. The van der Waals surface area contributed by atoms with Crippen molar-refractivity contribution in [3.05, 3.63) is 29.8 Å². The molecule has 1 heterocycles. The number of hydrogen-bond donors (Lipinski definition) is 1. The van der Waals surface area contributed by atoms with Gasteiger partial charge in [0, 0.05) is 32.1 Å². The first-order chi connectivity index (χ1) is 12.3. The van der Waals surface area contributed by atoms with Gasteiger partial charge in [0.15, 0.2) is 5.96 Å². The molecule has 0 bridgehead atoms. The van der Waals surface area contributed by atoms with E-state index in [0.717, 1.165) is 24.8 Å². The second kappa shape index (κ2) is 10.1. The maximum absolute atomic E-state index is 11.9. The highest BCUT2D eigenvalue weighted by molar-refractivity contribution is 14.0. The molecular weight excluding hydrogens is 457 g/mol. The standard InChI is InChI=1S/C20H31N3O3.HI/c1-14-11-23(12-17(14)18(24)26-6)19(21-4)22-13-20(2,3)15-7-9-16(25-5)10-8-15;/h7-10,14,17H,11-13H2,1-6H3,(H,21,22);1H. The maximum atomic E-state index is 11.9. The Balaban J connectivity index is 0.00000364. The van der Waals surface area contributed by atoms with E-state index in [2.05, 4.69) is 48.1 Å². The molecule has 1 fully saturated rings. The number of rotatable bonds is 5. The zero-order valence-corrected chi connectivity index (χ0v) is 19.4. The Hall–Kier alpha value is -1.51. The fraction of sp³-hybridized carbons (Fsp3) is 0.600. The SMILES string of the molecule is CN=C(NCC(C)(C)c1ccc(OC)cc1)N1CC(C)C(C(=O)OC)C1.I. The van der Waals surface area contributed by atoms with Crippen molar-refractivity contribution in [2.75, 3.05) is 40.9 Å². The van der Waals surface area contributed by atoms with Gasteiger partial charge in [0.25, 0.3) is 0 Å². The minimum atomic E-state index is -0.144. The van der Waals surface area contributed by atoms with E-state index in [1.54, 1.807) is 14.2 Å². The fourth-order valence-electron chi connectivity index (χ4n) is 3.37. The normalized spacial score (nSPS) is 20.1. The van der Waals surface area contributed by atoms with Crippen LogP contribution in [-0.4, -0.2) is 57.7 Å². The van der Waals surface area contributed by atoms with E-state index in [-0.39, 0.29) is 47.2 Å². The first-order valence-electron chi connectivity index (χ1n) is 9.00. The maximum Gasteiger partial charge on any atom is 0.310 e. The number of nitrogens with one attached hydrogen (secondary N) is 1. The molecule has 2 rings (SSSR count). The molecule has 2 atom stereocenters. The molecule has 1 aromatic rings. The zero-order chi connectivity index (χ0) is 19.3. The van der Waals surface area contributed by atoms with Crippen LogP contribution in [-0.2, 0) is 14.9 Å². The summed E-state index contributed by atoms with van der Waals surface area (Å²) in [4.78, 5) is 18.5. The lowest BCUT2D eigenvalue weighted by atomic mass is 9.84. The predicted molar refractivity (Wildman–Crippen MR) is 119 cm³/mol. The summed E-state index contributed by atoms with van der Waals surface area (Å²) in [6, 6.07) is 8.15. The summed E-state index contributed by atoms with van der Waals surface area (Å²) in [5.41, 5.74) is 1.15. The van der Waals surface area contributed by atoms with Gasteiger partial charge in [0.2, 0.25) is 0 Å². The lowest BCUT2D eigenvalue weighted by molar-refractivity contribution is -0.145. The smallest absolute Gasteiger partial charge is 0.310 e. The number of nitrogens with zero attached hydrogens (tertiary/aromatic N) is 2. The van der Waals surface area contributed by atoms with Crippen LogP contribution in [0.2, 0.25) is 0 Å². The third kappa shape index (κ3) is 5.73. The Bertz CT molecular complexity index is 646. The van der Waals surface area contributed by atoms with Crippen LogP contribution in [0.3, 0.4) is 0 Å². The van der Waals surface area contributed by atoms with Crippen molar-refractivity contribution in [3.8, 4) is 5.75 Å². The molecular formula is C20H32IN3O3. The monoisotopic (exact) mass is 489 g/mol. The lowest BCUT2D eigenvalue weighted by Gasteiger charge is -2.29. The van der Waals surface area contributed by atoms with Crippen LogP contribution in [0.1, 0.15) is 26.3 Å². The van der Waals surface area contributed by atoms with Gasteiger partial charge >= 0.3 is 5.97 Å². The molecule has 7 heteroatoms. The molecule has 152 valence electrons. The fourth-order valence-corrected chi connectivity index (χ4v) is 3.37. The molecule has 1 aromatic carbocycles. The first kappa shape index (κ1) is 23.5. The number of carbonyl (C=O) groups is 1. The molecule has 0 aromatic heterocycles. The molecule has 0 spiro atoms. The van der Waals surface area contributed by atoms with Crippen molar-refractivity contribution in [1.82, 2.24) is 10.2 Å². The summed E-state index contributed by atoms with van der Waals surface area (Å²) < 4.78 is 10.2. The number of halogens is 1. The number of hydrogen-bond acceptors (Lipinski definition) is 4. The average Bonchev–Trinajstić information content (AvgIpc) is 3.03. The summed E-state index contributed by atoms with van der Waals surface area (Å²) in [6.45, 7) is 8.63. The van der Waals surface area contributed by atoms with Gasteiger partial charge in [-0.15, -0.1) is 24.0 Å². The number of guanidine groups is 1. The van der Waals surface area contributed by atoms with E-state index in [0.29, 0.717) is 6.54 Å². The minimum Gasteiger partial charge on any atom is -0.497 e. The zero-order valence-electron chi connectivity index (χ0n) is 17.1. The number of likely N-dealkylation sites (tertiary alicyclic amines) is 1. The van der Waals surface area contributed by atoms with Gasteiger partial charge in [0.1, 0.15) is 5.75 Å². The van der Waals surface area contributed by atoms with Gasteiger partial charge < -0.3 is 19.7 Å². The molecule has 1 N–H and O–H groups in total. The Labute approximate surface area is 179 Å². The van der Waals surface area contributed by atoms with Gasteiger partial charge in [-0.05, 0) is 23.6 Å². The number of esters is 1. The third-order valence-corrected chi connectivity index (χ3v) is 5.19. The predicted octanol–water partition coefficient (Wildman–Crippen LogP) is 2.91. The van der Waals surface area contributed by atoms with Crippen molar-refractivity contribution in [3.63, 3.8) is 0 Å². The number of benzene rings is 1. The largest absolute Gasteiger partial charge is 0.497 e. The second-order valence-corrected chi connectivity index (χ2v) is 7.53. The number of methoxy groups -OCH3 is 2. The molecule has 0 aliphatic carbocycles. The molecule has 0 radical (unpaired) electrons. The molecule has 6 nitrogen and oxygen atoms in total. The van der Waals surface area contributed by atoms with Gasteiger partial charge in [-0.25, -0.2) is 0 Å². The summed E-state index contributed by atoms with van der Waals surface area (Å²) >= 11 is 0. The Kier molecular flexibility index (Phi) is 8.84. The van der Waals surface area contributed by atoms with Crippen LogP contribution in [0.15, 0.2) is 29.3 Å². The van der Waals surface area contributed by atoms with Gasteiger partial charge in [0.05, 0.1) is 20.1 Å². The second-order valence-electron chi connectivity index (χ2n) is 7.53. The van der Waals surface area contributed by atoms with Gasteiger partial charge in [-0.1, -0.05) is 32.9 Å². The highest BCUT2D eigenvalue weighted by Crippen LogP contribution is 2.26. The topological polar surface area (TPSA) is 63.2 Å². The van der Waals surface area contributed by atoms with Crippen LogP contribution < -0.4 is 10.1 Å². The van der Waals surface area contributed by atoms with Gasteiger partial charge in [-0.2, -0.15) is 0 Å². The molecule has 0 saturated carbocycles. The summed E-state index contributed by atoms with van der Waals surface area (Å²) in [5.74, 6) is 1.68. The van der Waals surface area contributed by atoms with Crippen molar-refractivity contribution in [2.24, 2.45) is 16.8 Å². The molecule has 1 aliphatic heterocycles. The van der Waals surface area contributed by atoms with Crippen LogP contribution in [0.25, 0.3) is 0 Å². The third-order valence-electron chi connectivity index (χ3n) is 5.19. The van der Waals surface area contributed by atoms with Crippen molar-refractivity contribution in [1.29, 1.82) is 0 Å². The van der Waals surface area contributed by atoms with E-state index in [1.807, 2.05) is 12.1 Å². The van der Waals surface area contributed by atoms with E-state index >= 15 is 0 Å². The first-order valence-corrected chi connectivity index (χ1v) is 9.00. The van der Waals surface area contributed by atoms with Crippen molar-refractivity contribution < 1.29 is 14.3 Å². The van der Waals surface area contributed by atoms with Crippen molar-refractivity contribution >= 4 is 35.9 Å². The molecule has 1 aliphatic rings. The number of aliphatic imine (C=N–C) groups is 1. The summed E-state index contributed by atoms with van der Waals surface area (Å²) in [6.07, 6.45) is 0. The number of carbonyl (C=O) groups excluding carboxylic acids is 1. The van der Waals surface area contributed by atoms with Crippen molar-refractivity contribution in [2.45, 2.75) is 26.2 Å². The summed E-state index contributed by atoms with van der Waals surface area (Å²) in [7, 11) is 4.89. The lowest BCUT2D eigenvalue weighted by Crippen LogP contribution is -2.45. The molecule has 2 unspecified atom stereocenters. The quantitative estimate of drug-likeness (QED) is 0.298. The van der Waals surface area contributed by atoms with Crippen LogP contribution in [0.4, 0.5) is 0 Å². The summed E-state index contributed by atoms with van der Waals surface area (Å²) in [5, 5.41) is 3.47. The van der Waals surface area contributed by atoms with E-state index < -0.39 is 0 Å². The Morgan fingerprint density at radius 1 is 1.26 bits per heavy atom.